The Bertz CT molecular complexity index is 510. The van der Waals surface area contributed by atoms with Crippen LogP contribution in [0.2, 0.25) is 0 Å². The van der Waals surface area contributed by atoms with Crippen LogP contribution in [0.3, 0.4) is 0 Å². The Balaban J connectivity index is 3.13. The molecule has 0 N–H and O–H groups in total. The molecular formula is C17H22O4. The zero-order chi connectivity index (χ0) is 16.0. The van der Waals surface area contributed by atoms with Gasteiger partial charge in [0.15, 0.2) is 0 Å². The highest BCUT2D eigenvalue weighted by atomic mass is 16.7. The van der Waals surface area contributed by atoms with Crippen molar-refractivity contribution in [2.45, 2.75) is 40.9 Å². The van der Waals surface area contributed by atoms with Crippen molar-refractivity contribution in [3.8, 4) is 0 Å². The van der Waals surface area contributed by atoms with Crippen molar-refractivity contribution in [1.82, 2.24) is 0 Å². The van der Waals surface area contributed by atoms with Gasteiger partial charge in [0, 0.05) is 19.4 Å². The molecule has 1 rings (SSSR count). The quantitative estimate of drug-likeness (QED) is 0.615. The van der Waals surface area contributed by atoms with Crippen molar-refractivity contribution in [3.05, 3.63) is 41.0 Å². The van der Waals surface area contributed by atoms with E-state index in [0.29, 0.717) is 0 Å². The van der Waals surface area contributed by atoms with Gasteiger partial charge >= 0.3 is 11.9 Å². The second-order valence-corrected chi connectivity index (χ2v) is 5.26. The number of carbonyl (C=O) groups is 2. The summed E-state index contributed by atoms with van der Waals surface area (Å²) >= 11 is 0. The number of carbonyl (C=O) groups excluding carboxylic acids is 2. The van der Waals surface area contributed by atoms with Gasteiger partial charge in [0.2, 0.25) is 0 Å². The maximum atomic E-state index is 11.2. The van der Waals surface area contributed by atoms with Gasteiger partial charge in [-0.1, -0.05) is 43.7 Å². The van der Waals surface area contributed by atoms with E-state index in [-0.39, 0.29) is 5.92 Å². The summed E-state index contributed by atoms with van der Waals surface area (Å²) in [4.78, 5) is 22.4. The lowest BCUT2D eigenvalue weighted by atomic mass is 9.99. The number of hydrogen-bond donors (Lipinski definition) is 0. The molecule has 0 aliphatic heterocycles. The molecule has 114 valence electrons. The monoisotopic (exact) mass is 290 g/mol. The Morgan fingerprint density at radius 3 is 1.86 bits per heavy atom. The van der Waals surface area contributed by atoms with Gasteiger partial charge in [0.1, 0.15) is 0 Å². The maximum absolute atomic E-state index is 11.2. The summed E-state index contributed by atoms with van der Waals surface area (Å²) < 4.78 is 10.3. The van der Waals surface area contributed by atoms with Crippen LogP contribution in [0, 0.1) is 12.8 Å². The van der Waals surface area contributed by atoms with E-state index in [0.717, 1.165) is 16.7 Å². The molecule has 0 bridgehead atoms. The van der Waals surface area contributed by atoms with Gasteiger partial charge in [0.25, 0.3) is 6.29 Å². The van der Waals surface area contributed by atoms with E-state index in [4.69, 9.17) is 9.47 Å². The largest absolute Gasteiger partial charge is 0.421 e. The van der Waals surface area contributed by atoms with Crippen molar-refractivity contribution in [3.63, 3.8) is 0 Å². The third-order valence-electron chi connectivity index (χ3n) is 2.90. The van der Waals surface area contributed by atoms with Gasteiger partial charge in [-0.25, -0.2) is 0 Å². The fraction of sp³-hybridized carbons (Fsp3) is 0.412. The molecule has 0 aliphatic rings. The minimum atomic E-state index is -0.985. The van der Waals surface area contributed by atoms with E-state index in [9.17, 15) is 9.59 Å². The lowest BCUT2D eigenvalue weighted by Gasteiger charge is -2.22. The fourth-order valence-corrected chi connectivity index (χ4v) is 1.82. The highest BCUT2D eigenvalue weighted by Crippen LogP contribution is 2.22. The summed E-state index contributed by atoms with van der Waals surface area (Å²) in [5.74, 6) is -0.914. The van der Waals surface area contributed by atoms with Crippen molar-refractivity contribution in [1.29, 1.82) is 0 Å². The third kappa shape index (κ3) is 5.81. The van der Waals surface area contributed by atoms with E-state index in [1.807, 2.05) is 51.1 Å². The summed E-state index contributed by atoms with van der Waals surface area (Å²) in [5.41, 5.74) is 2.87. The molecule has 0 amide bonds. The van der Waals surface area contributed by atoms with E-state index in [1.165, 1.54) is 13.8 Å². The van der Waals surface area contributed by atoms with Crippen LogP contribution in [0.15, 0.2) is 29.8 Å². The predicted octanol–water partition coefficient (Wildman–Crippen LogP) is 3.49. The molecule has 1 aromatic carbocycles. The normalized spacial score (nSPS) is 11.7. The predicted molar refractivity (Wildman–Crippen MR) is 81.3 cm³/mol. The van der Waals surface area contributed by atoms with E-state index >= 15 is 0 Å². The second kappa shape index (κ2) is 7.62. The van der Waals surface area contributed by atoms with Crippen LogP contribution in [0.1, 0.15) is 38.8 Å². The molecule has 0 saturated heterocycles. The van der Waals surface area contributed by atoms with Crippen molar-refractivity contribution in [2.75, 3.05) is 0 Å². The average molecular weight is 290 g/mol. The standard InChI is InChI=1S/C17H22O4/c1-11(2)16(10-15-8-6-12(3)7-9-15)17(20-13(4)18)21-14(5)19/h6-11,17H,1-5H3. The summed E-state index contributed by atoms with van der Waals surface area (Å²) in [7, 11) is 0. The zero-order valence-electron chi connectivity index (χ0n) is 13.2. The molecule has 0 aromatic heterocycles. The van der Waals surface area contributed by atoms with Crippen LogP contribution >= 0.6 is 0 Å². The molecule has 0 radical (unpaired) electrons. The van der Waals surface area contributed by atoms with Gasteiger partial charge in [-0.05, 0) is 24.5 Å². The summed E-state index contributed by atoms with van der Waals surface area (Å²) in [5, 5.41) is 0. The molecule has 4 nitrogen and oxygen atoms in total. The molecule has 0 spiro atoms. The Hall–Kier alpha value is -2.10. The highest BCUT2D eigenvalue weighted by molar-refractivity contribution is 5.69. The number of esters is 2. The van der Waals surface area contributed by atoms with Crippen LogP contribution in [0.25, 0.3) is 6.08 Å². The van der Waals surface area contributed by atoms with Crippen LogP contribution in [0.4, 0.5) is 0 Å². The molecule has 0 aliphatic carbocycles. The van der Waals surface area contributed by atoms with Gasteiger partial charge in [-0.3, -0.25) is 9.59 Å². The van der Waals surface area contributed by atoms with Gasteiger partial charge < -0.3 is 9.47 Å². The molecule has 0 fully saturated rings. The first-order valence-electron chi connectivity index (χ1n) is 6.92. The molecule has 0 heterocycles. The zero-order valence-corrected chi connectivity index (χ0v) is 13.2. The second-order valence-electron chi connectivity index (χ2n) is 5.26. The average Bonchev–Trinajstić information content (AvgIpc) is 2.35. The van der Waals surface area contributed by atoms with Crippen LogP contribution in [-0.4, -0.2) is 18.2 Å². The van der Waals surface area contributed by atoms with Crippen LogP contribution in [0.5, 0.6) is 0 Å². The lowest BCUT2D eigenvalue weighted by molar-refractivity contribution is -0.178. The lowest BCUT2D eigenvalue weighted by Crippen LogP contribution is -2.26. The molecular weight excluding hydrogens is 268 g/mol. The minimum absolute atomic E-state index is 0.0648. The number of hydrogen-bond acceptors (Lipinski definition) is 4. The molecule has 4 heteroatoms. The SMILES string of the molecule is CC(=O)OC(OC(C)=O)C(=Cc1ccc(C)cc1)C(C)C. The van der Waals surface area contributed by atoms with Crippen LogP contribution < -0.4 is 0 Å². The van der Waals surface area contributed by atoms with Crippen molar-refractivity contribution in [2.24, 2.45) is 5.92 Å². The third-order valence-corrected chi connectivity index (χ3v) is 2.90. The Labute approximate surface area is 125 Å². The van der Waals surface area contributed by atoms with Gasteiger partial charge in [-0.2, -0.15) is 0 Å². The van der Waals surface area contributed by atoms with Crippen molar-refractivity contribution >= 4 is 18.0 Å². The molecule has 21 heavy (non-hydrogen) atoms. The van der Waals surface area contributed by atoms with Crippen LogP contribution in [-0.2, 0) is 19.1 Å². The Kier molecular flexibility index (Phi) is 6.15. The van der Waals surface area contributed by atoms with E-state index < -0.39 is 18.2 Å². The maximum Gasteiger partial charge on any atom is 0.305 e. The molecule has 0 saturated carbocycles. The Morgan fingerprint density at radius 2 is 1.48 bits per heavy atom. The summed E-state index contributed by atoms with van der Waals surface area (Å²) in [6.07, 6.45) is 0.905. The topological polar surface area (TPSA) is 52.6 Å². The summed E-state index contributed by atoms with van der Waals surface area (Å²) in [6, 6.07) is 7.93. The van der Waals surface area contributed by atoms with Gasteiger partial charge in [0.05, 0.1) is 0 Å². The smallest absolute Gasteiger partial charge is 0.305 e. The number of benzene rings is 1. The van der Waals surface area contributed by atoms with E-state index in [1.54, 1.807) is 0 Å². The van der Waals surface area contributed by atoms with Crippen molar-refractivity contribution < 1.29 is 19.1 Å². The number of aryl methyl sites for hydroxylation is 1. The highest BCUT2D eigenvalue weighted by Gasteiger charge is 2.23. The number of ether oxygens (including phenoxy) is 2. The van der Waals surface area contributed by atoms with Gasteiger partial charge in [-0.15, -0.1) is 0 Å². The first-order chi connectivity index (χ1) is 9.79. The molecule has 0 atom stereocenters. The van der Waals surface area contributed by atoms with E-state index in [2.05, 4.69) is 0 Å². The Morgan fingerprint density at radius 1 is 1.00 bits per heavy atom. The minimum Gasteiger partial charge on any atom is -0.421 e. The first-order valence-corrected chi connectivity index (χ1v) is 6.92. The first kappa shape index (κ1) is 17.0. The number of rotatable bonds is 5. The fourth-order valence-electron chi connectivity index (χ4n) is 1.82. The molecule has 0 unspecified atom stereocenters. The molecule has 1 aromatic rings. The summed E-state index contributed by atoms with van der Waals surface area (Å²) in [6.45, 7) is 8.51.